The second kappa shape index (κ2) is 6.11. The maximum Gasteiger partial charge on any atom is 0.243 e. The lowest BCUT2D eigenvalue weighted by atomic mass is 10.1. The van der Waals surface area contributed by atoms with Gasteiger partial charge in [0.15, 0.2) is 5.82 Å². The van der Waals surface area contributed by atoms with Gasteiger partial charge in [-0.3, -0.25) is 0 Å². The molecular formula is C13H16BrN3O. The van der Waals surface area contributed by atoms with Gasteiger partial charge in [-0.15, -0.1) is 0 Å². The molecule has 96 valence electrons. The van der Waals surface area contributed by atoms with E-state index in [1.807, 2.05) is 24.3 Å². The molecule has 1 aromatic carbocycles. The van der Waals surface area contributed by atoms with Crippen molar-refractivity contribution in [2.24, 2.45) is 5.73 Å². The molecule has 0 aliphatic heterocycles. The van der Waals surface area contributed by atoms with Gasteiger partial charge in [-0.05, 0) is 18.1 Å². The number of rotatable bonds is 5. The van der Waals surface area contributed by atoms with Crippen molar-refractivity contribution in [2.45, 2.75) is 32.2 Å². The monoisotopic (exact) mass is 309 g/mol. The molecule has 1 atom stereocenters. The average Bonchev–Trinajstić information content (AvgIpc) is 2.81. The van der Waals surface area contributed by atoms with Crippen LogP contribution in [0.1, 0.15) is 43.1 Å². The SMILES string of the molecule is CCC[C@H](N)c1nc(Cc2ccccc2Br)no1. The molecule has 2 aromatic rings. The van der Waals surface area contributed by atoms with E-state index in [1.165, 1.54) is 0 Å². The summed E-state index contributed by atoms with van der Waals surface area (Å²) < 4.78 is 6.24. The highest BCUT2D eigenvalue weighted by Crippen LogP contribution is 2.19. The molecule has 0 fully saturated rings. The van der Waals surface area contributed by atoms with Gasteiger partial charge in [-0.2, -0.15) is 4.98 Å². The Kier molecular flexibility index (Phi) is 4.49. The molecule has 18 heavy (non-hydrogen) atoms. The van der Waals surface area contributed by atoms with Crippen molar-refractivity contribution in [3.05, 3.63) is 46.0 Å². The molecule has 0 aliphatic carbocycles. The molecule has 0 amide bonds. The maximum absolute atomic E-state index is 5.94. The van der Waals surface area contributed by atoms with E-state index in [0.29, 0.717) is 18.1 Å². The van der Waals surface area contributed by atoms with Crippen LogP contribution in [0.4, 0.5) is 0 Å². The molecule has 0 bridgehead atoms. The summed E-state index contributed by atoms with van der Waals surface area (Å²) in [4.78, 5) is 4.34. The number of nitrogens with two attached hydrogens (primary N) is 1. The third-order valence-electron chi connectivity index (χ3n) is 2.71. The van der Waals surface area contributed by atoms with Crippen LogP contribution >= 0.6 is 15.9 Å². The molecule has 2 N–H and O–H groups in total. The van der Waals surface area contributed by atoms with Crippen LogP contribution in [-0.2, 0) is 6.42 Å². The molecule has 0 unspecified atom stereocenters. The highest BCUT2D eigenvalue weighted by molar-refractivity contribution is 9.10. The highest BCUT2D eigenvalue weighted by Gasteiger charge is 2.14. The lowest BCUT2D eigenvalue weighted by Crippen LogP contribution is -2.10. The normalized spacial score (nSPS) is 12.6. The molecular weight excluding hydrogens is 294 g/mol. The fraction of sp³-hybridized carbons (Fsp3) is 0.385. The predicted molar refractivity (Wildman–Crippen MR) is 73.1 cm³/mol. The van der Waals surface area contributed by atoms with Crippen molar-refractivity contribution in [1.82, 2.24) is 10.1 Å². The second-order valence-corrected chi connectivity index (χ2v) is 5.07. The summed E-state index contributed by atoms with van der Waals surface area (Å²) in [6.45, 7) is 2.08. The molecule has 0 saturated heterocycles. The summed E-state index contributed by atoms with van der Waals surface area (Å²) in [7, 11) is 0. The third kappa shape index (κ3) is 3.17. The van der Waals surface area contributed by atoms with Crippen LogP contribution in [0, 0.1) is 0 Å². The average molecular weight is 310 g/mol. The minimum Gasteiger partial charge on any atom is -0.338 e. The molecule has 4 nitrogen and oxygen atoms in total. The lowest BCUT2D eigenvalue weighted by Gasteiger charge is -2.02. The van der Waals surface area contributed by atoms with Gasteiger partial charge in [0.25, 0.3) is 0 Å². The van der Waals surface area contributed by atoms with E-state index in [4.69, 9.17) is 10.3 Å². The molecule has 0 radical (unpaired) electrons. The summed E-state index contributed by atoms with van der Waals surface area (Å²) in [5.74, 6) is 1.20. The highest BCUT2D eigenvalue weighted by atomic mass is 79.9. The number of benzene rings is 1. The molecule has 1 aromatic heterocycles. The second-order valence-electron chi connectivity index (χ2n) is 4.21. The summed E-state index contributed by atoms with van der Waals surface area (Å²) >= 11 is 3.50. The van der Waals surface area contributed by atoms with E-state index in [2.05, 4.69) is 33.0 Å². The van der Waals surface area contributed by atoms with E-state index in [1.54, 1.807) is 0 Å². The Morgan fingerprint density at radius 2 is 2.17 bits per heavy atom. The van der Waals surface area contributed by atoms with Crippen molar-refractivity contribution >= 4 is 15.9 Å². The van der Waals surface area contributed by atoms with E-state index in [-0.39, 0.29) is 6.04 Å². The summed E-state index contributed by atoms with van der Waals surface area (Å²) in [6, 6.07) is 7.84. The van der Waals surface area contributed by atoms with Gasteiger partial charge in [0, 0.05) is 10.9 Å². The zero-order valence-corrected chi connectivity index (χ0v) is 11.9. The lowest BCUT2D eigenvalue weighted by molar-refractivity contribution is 0.345. The van der Waals surface area contributed by atoms with Gasteiger partial charge in [-0.25, -0.2) is 0 Å². The Labute approximate surface area is 115 Å². The quantitative estimate of drug-likeness (QED) is 0.921. The van der Waals surface area contributed by atoms with Crippen LogP contribution in [0.5, 0.6) is 0 Å². The maximum atomic E-state index is 5.94. The van der Waals surface area contributed by atoms with Gasteiger partial charge in [0.1, 0.15) is 0 Å². The molecule has 1 heterocycles. The van der Waals surface area contributed by atoms with Crippen molar-refractivity contribution in [3.8, 4) is 0 Å². The largest absolute Gasteiger partial charge is 0.338 e. The number of aromatic nitrogens is 2. The third-order valence-corrected chi connectivity index (χ3v) is 3.48. The van der Waals surface area contributed by atoms with E-state index in [9.17, 15) is 0 Å². The minimum atomic E-state index is -0.157. The van der Waals surface area contributed by atoms with Crippen LogP contribution in [0.25, 0.3) is 0 Å². The molecule has 0 spiro atoms. The number of hydrogen-bond donors (Lipinski definition) is 1. The standard InChI is InChI=1S/C13H16BrN3O/c1-2-5-11(15)13-16-12(17-18-13)8-9-6-3-4-7-10(9)14/h3-4,6-7,11H,2,5,8,15H2,1H3/t11-/m0/s1. The Bertz CT molecular complexity index is 512. The van der Waals surface area contributed by atoms with Crippen LogP contribution in [0.15, 0.2) is 33.3 Å². The van der Waals surface area contributed by atoms with Crippen LogP contribution in [0.2, 0.25) is 0 Å². The predicted octanol–water partition coefficient (Wildman–Crippen LogP) is 3.22. The van der Waals surface area contributed by atoms with Crippen LogP contribution in [-0.4, -0.2) is 10.1 Å². The Hall–Kier alpha value is -1.20. The molecule has 0 aliphatic rings. The zero-order valence-electron chi connectivity index (χ0n) is 10.3. The van der Waals surface area contributed by atoms with Crippen molar-refractivity contribution in [2.75, 3.05) is 0 Å². The Balaban J connectivity index is 2.09. The zero-order chi connectivity index (χ0) is 13.0. The van der Waals surface area contributed by atoms with Gasteiger partial charge in [0.05, 0.1) is 6.04 Å². The first-order valence-corrected chi connectivity index (χ1v) is 6.81. The van der Waals surface area contributed by atoms with Gasteiger partial charge < -0.3 is 10.3 Å². The Morgan fingerprint density at radius 3 is 2.89 bits per heavy atom. The van der Waals surface area contributed by atoms with Gasteiger partial charge in [0.2, 0.25) is 5.89 Å². The fourth-order valence-electron chi connectivity index (χ4n) is 1.74. The molecule has 2 rings (SSSR count). The summed E-state index contributed by atoms with van der Waals surface area (Å²) in [6.07, 6.45) is 2.50. The number of halogens is 1. The minimum absolute atomic E-state index is 0.157. The number of nitrogens with zero attached hydrogens (tertiary/aromatic N) is 2. The van der Waals surface area contributed by atoms with E-state index < -0.39 is 0 Å². The molecule has 0 saturated carbocycles. The van der Waals surface area contributed by atoms with Crippen molar-refractivity contribution < 1.29 is 4.52 Å². The summed E-state index contributed by atoms with van der Waals surface area (Å²) in [5.41, 5.74) is 7.07. The summed E-state index contributed by atoms with van der Waals surface area (Å²) in [5, 5.41) is 3.97. The topological polar surface area (TPSA) is 64.9 Å². The van der Waals surface area contributed by atoms with Crippen LogP contribution in [0.3, 0.4) is 0 Å². The number of hydrogen-bond acceptors (Lipinski definition) is 4. The van der Waals surface area contributed by atoms with Gasteiger partial charge in [-0.1, -0.05) is 52.6 Å². The van der Waals surface area contributed by atoms with E-state index in [0.717, 1.165) is 22.9 Å². The van der Waals surface area contributed by atoms with E-state index >= 15 is 0 Å². The molecule has 5 heteroatoms. The first kappa shape index (κ1) is 13.2. The van der Waals surface area contributed by atoms with Crippen molar-refractivity contribution in [1.29, 1.82) is 0 Å². The first-order chi connectivity index (χ1) is 8.70. The van der Waals surface area contributed by atoms with Crippen molar-refractivity contribution in [3.63, 3.8) is 0 Å². The fourth-order valence-corrected chi connectivity index (χ4v) is 2.16. The first-order valence-electron chi connectivity index (χ1n) is 6.02. The van der Waals surface area contributed by atoms with Gasteiger partial charge >= 0.3 is 0 Å². The smallest absolute Gasteiger partial charge is 0.243 e. The van der Waals surface area contributed by atoms with Crippen LogP contribution < -0.4 is 5.73 Å². The Morgan fingerprint density at radius 1 is 1.39 bits per heavy atom.